The van der Waals surface area contributed by atoms with Crippen LogP contribution in [0.3, 0.4) is 0 Å². The van der Waals surface area contributed by atoms with E-state index in [-0.39, 0.29) is 6.10 Å². The first-order chi connectivity index (χ1) is 10.0. The van der Waals surface area contributed by atoms with Gasteiger partial charge in [-0.3, -0.25) is 4.79 Å². The van der Waals surface area contributed by atoms with Gasteiger partial charge in [0, 0.05) is 18.7 Å². The van der Waals surface area contributed by atoms with E-state index in [0.717, 1.165) is 25.9 Å². The maximum Gasteiger partial charge on any atom is 0.325 e. The van der Waals surface area contributed by atoms with E-state index in [4.69, 9.17) is 20.3 Å². The topological polar surface area (TPSA) is 85.0 Å². The number of piperidine rings is 1. The summed E-state index contributed by atoms with van der Waals surface area (Å²) in [5, 5.41) is 9.14. The van der Waals surface area contributed by atoms with Crippen LogP contribution in [-0.2, 0) is 4.79 Å². The molecule has 1 atom stereocenters. The number of nitrogens with two attached hydrogens (primary N) is 1. The van der Waals surface area contributed by atoms with Gasteiger partial charge in [-0.2, -0.15) is 0 Å². The fraction of sp³-hybridized carbons (Fsp3) is 0.533. The fourth-order valence-corrected chi connectivity index (χ4v) is 2.47. The van der Waals surface area contributed by atoms with Gasteiger partial charge in [0.05, 0.1) is 7.11 Å². The van der Waals surface area contributed by atoms with Crippen LogP contribution in [0.25, 0.3) is 0 Å². The molecule has 1 unspecified atom stereocenters. The Labute approximate surface area is 124 Å². The van der Waals surface area contributed by atoms with Crippen LogP contribution >= 0.6 is 0 Å². The molecule has 1 heterocycles. The summed E-state index contributed by atoms with van der Waals surface area (Å²) in [6.07, 6.45) is 1.85. The summed E-state index contributed by atoms with van der Waals surface area (Å²) >= 11 is 0. The largest absolute Gasteiger partial charge is 0.493 e. The molecule has 0 saturated carbocycles. The Morgan fingerprint density at radius 1 is 1.43 bits per heavy atom. The number of benzene rings is 1. The summed E-state index contributed by atoms with van der Waals surface area (Å²) in [5.41, 5.74) is 6.19. The molecule has 1 aliphatic heterocycles. The first kappa shape index (κ1) is 15.6. The van der Waals surface area contributed by atoms with Crippen LogP contribution in [0, 0.1) is 0 Å². The summed E-state index contributed by atoms with van der Waals surface area (Å²) < 4.78 is 11.3. The molecule has 0 radical (unpaired) electrons. The first-order valence-electron chi connectivity index (χ1n) is 7.03. The SMILES string of the molecule is COc1cccc(C(N)C(=O)O)c1OC1CCN(C)CC1. The highest BCUT2D eigenvalue weighted by Gasteiger charge is 2.25. The maximum atomic E-state index is 11.2. The van der Waals surface area contributed by atoms with Gasteiger partial charge in [0.15, 0.2) is 11.5 Å². The zero-order chi connectivity index (χ0) is 15.4. The van der Waals surface area contributed by atoms with Gasteiger partial charge in [-0.25, -0.2) is 0 Å². The second-order valence-electron chi connectivity index (χ2n) is 5.32. The van der Waals surface area contributed by atoms with Gasteiger partial charge in [0.25, 0.3) is 0 Å². The predicted molar refractivity (Wildman–Crippen MR) is 78.7 cm³/mol. The first-order valence-corrected chi connectivity index (χ1v) is 7.03. The third kappa shape index (κ3) is 3.65. The van der Waals surface area contributed by atoms with E-state index in [1.807, 2.05) is 0 Å². The quantitative estimate of drug-likeness (QED) is 0.850. The average molecular weight is 294 g/mol. The summed E-state index contributed by atoms with van der Waals surface area (Å²) in [4.78, 5) is 13.4. The number of carbonyl (C=O) groups is 1. The molecule has 1 aliphatic rings. The smallest absolute Gasteiger partial charge is 0.325 e. The number of rotatable bonds is 5. The molecule has 116 valence electrons. The minimum absolute atomic E-state index is 0.0530. The number of nitrogens with zero attached hydrogens (tertiary/aromatic N) is 1. The predicted octanol–water partition coefficient (Wildman–Crippen LogP) is 1.25. The molecule has 3 N–H and O–H groups in total. The van der Waals surface area contributed by atoms with Crippen molar-refractivity contribution in [2.45, 2.75) is 25.0 Å². The molecular weight excluding hydrogens is 272 g/mol. The molecule has 0 spiro atoms. The Balaban J connectivity index is 2.25. The lowest BCUT2D eigenvalue weighted by molar-refractivity contribution is -0.138. The van der Waals surface area contributed by atoms with E-state index in [2.05, 4.69) is 11.9 Å². The minimum Gasteiger partial charge on any atom is -0.493 e. The van der Waals surface area contributed by atoms with E-state index < -0.39 is 12.0 Å². The minimum atomic E-state index is -1.12. The van der Waals surface area contributed by atoms with Gasteiger partial charge in [-0.05, 0) is 26.0 Å². The molecule has 1 aromatic carbocycles. The zero-order valence-corrected chi connectivity index (χ0v) is 12.4. The molecule has 21 heavy (non-hydrogen) atoms. The van der Waals surface area contributed by atoms with E-state index in [1.165, 1.54) is 7.11 Å². The van der Waals surface area contributed by atoms with Crippen molar-refractivity contribution in [3.05, 3.63) is 23.8 Å². The van der Waals surface area contributed by atoms with Gasteiger partial charge in [0.2, 0.25) is 0 Å². The number of methoxy groups -OCH3 is 1. The van der Waals surface area contributed by atoms with Crippen molar-refractivity contribution in [2.24, 2.45) is 5.73 Å². The Bertz CT molecular complexity index is 498. The van der Waals surface area contributed by atoms with Crippen molar-refractivity contribution in [3.8, 4) is 11.5 Å². The van der Waals surface area contributed by atoms with Gasteiger partial charge in [-0.1, -0.05) is 12.1 Å². The van der Waals surface area contributed by atoms with Gasteiger partial charge >= 0.3 is 5.97 Å². The number of ether oxygens (including phenoxy) is 2. The molecule has 1 aromatic rings. The summed E-state index contributed by atoms with van der Waals surface area (Å²) in [6, 6.07) is 4.02. The maximum absolute atomic E-state index is 11.2. The van der Waals surface area contributed by atoms with Crippen molar-refractivity contribution < 1.29 is 19.4 Å². The molecule has 1 saturated heterocycles. The number of carboxylic acids is 1. The van der Waals surface area contributed by atoms with Crippen LogP contribution in [0.4, 0.5) is 0 Å². The number of aliphatic carboxylic acids is 1. The van der Waals surface area contributed by atoms with Crippen molar-refractivity contribution in [3.63, 3.8) is 0 Å². The Morgan fingerprint density at radius 3 is 2.67 bits per heavy atom. The van der Waals surface area contributed by atoms with Crippen molar-refractivity contribution in [1.29, 1.82) is 0 Å². The van der Waals surface area contributed by atoms with Gasteiger partial charge in [-0.15, -0.1) is 0 Å². The van der Waals surface area contributed by atoms with Crippen molar-refractivity contribution in [2.75, 3.05) is 27.2 Å². The second kappa shape index (κ2) is 6.78. The monoisotopic (exact) mass is 294 g/mol. The highest BCUT2D eigenvalue weighted by atomic mass is 16.5. The lowest BCUT2D eigenvalue weighted by atomic mass is 10.0. The van der Waals surface area contributed by atoms with Crippen LogP contribution in [-0.4, -0.2) is 49.3 Å². The molecule has 0 amide bonds. The lowest BCUT2D eigenvalue weighted by Gasteiger charge is -2.30. The fourth-order valence-electron chi connectivity index (χ4n) is 2.47. The van der Waals surface area contributed by atoms with Gasteiger partial charge < -0.3 is 25.2 Å². The lowest BCUT2D eigenvalue weighted by Crippen LogP contribution is -2.36. The van der Waals surface area contributed by atoms with E-state index in [0.29, 0.717) is 17.1 Å². The number of carboxylic acid groups (broad SMARTS) is 1. The number of likely N-dealkylation sites (tertiary alicyclic amines) is 1. The molecular formula is C15H22N2O4. The van der Waals surface area contributed by atoms with Crippen LogP contribution < -0.4 is 15.2 Å². The second-order valence-corrected chi connectivity index (χ2v) is 5.32. The van der Waals surface area contributed by atoms with Crippen LogP contribution in [0.5, 0.6) is 11.5 Å². The Morgan fingerprint density at radius 2 is 2.10 bits per heavy atom. The Hall–Kier alpha value is -1.79. The van der Waals surface area contributed by atoms with E-state index in [1.54, 1.807) is 18.2 Å². The zero-order valence-electron chi connectivity index (χ0n) is 12.4. The van der Waals surface area contributed by atoms with E-state index >= 15 is 0 Å². The molecule has 0 aromatic heterocycles. The van der Waals surface area contributed by atoms with Crippen molar-refractivity contribution >= 4 is 5.97 Å². The summed E-state index contributed by atoms with van der Waals surface area (Å²) in [6.45, 7) is 1.92. The molecule has 6 heteroatoms. The average Bonchev–Trinajstić information content (AvgIpc) is 2.49. The Kier molecular flexibility index (Phi) is 5.03. The molecule has 1 fully saturated rings. The van der Waals surface area contributed by atoms with Crippen molar-refractivity contribution in [1.82, 2.24) is 4.90 Å². The van der Waals surface area contributed by atoms with Gasteiger partial charge in [0.1, 0.15) is 12.1 Å². The third-order valence-electron chi connectivity index (χ3n) is 3.78. The molecule has 6 nitrogen and oxygen atoms in total. The summed E-state index contributed by atoms with van der Waals surface area (Å²) in [5.74, 6) is -0.121. The number of para-hydroxylation sites is 1. The number of hydrogen-bond acceptors (Lipinski definition) is 5. The van der Waals surface area contributed by atoms with E-state index in [9.17, 15) is 4.79 Å². The van der Waals surface area contributed by atoms with Crippen LogP contribution in [0.2, 0.25) is 0 Å². The summed E-state index contributed by atoms with van der Waals surface area (Å²) in [7, 11) is 3.61. The van der Waals surface area contributed by atoms with Crippen LogP contribution in [0.1, 0.15) is 24.4 Å². The number of hydrogen-bond donors (Lipinski definition) is 2. The standard InChI is InChI=1S/C15H22N2O4/c1-17-8-6-10(7-9-17)21-14-11(13(16)15(18)19)4-3-5-12(14)20-2/h3-5,10,13H,6-9,16H2,1-2H3,(H,18,19). The molecule has 2 rings (SSSR count). The molecule has 0 bridgehead atoms. The normalized spacial score (nSPS) is 18.2. The molecule has 0 aliphatic carbocycles. The van der Waals surface area contributed by atoms with Crippen LogP contribution in [0.15, 0.2) is 18.2 Å². The third-order valence-corrected chi connectivity index (χ3v) is 3.78. The highest BCUT2D eigenvalue weighted by molar-refractivity contribution is 5.77. The highest BCUT2D eigenvalue weighted by Crippen LogP contribution is 2.36.